The molecular formula is C14H26N2O4. The van der Waals surface area contributed by atoms with E-state index in [4.69, 9.17) is 9.47 Å². The number of hydrogen-bond donors (Lipinski definition) is 0. The first-order valence-corrected chi connectivity index (χ1v) is 7.13. The third-order valence-electron chi connectivity index (χ3n) is 3.14. The fraction of sp³-hybridized carbons (Fsp3) is 0.857. The summed E-state index contributed by atoms with van der Waals surface area (Å²) in [6.07, 6.45) is -0.291. The maximum absolute atomic E-state index is 11.9. The molecule has 6 heteroatoms. The molecule has 6 nitrogen and oxygen atoms in total. The Morgan fingerprint density at radius 3 is 2.15 bits per heavy atom. The van der Waals surface area contributed by atoms with Gasteiger partial charge in [0.25, 0.3) is 0 Å². The topological polar surface area (TPSA) is 59.1 Å². The summed E-state index contributed by atoms with van der Waals surface area (Å²) in [5.41, 5.74) is -0.480. The number of hydrogen-bond acceptors (Lipinski definition) is 5. The Morgan fingerprint density at radius 1 is 1.15 bits per heavy atom. The molecule has 0 radical (unpaired) electrons. The van der Waals surface area contributed by atoms with E-state index in [9.17, 15) is 9.59 Å². The molecule has 20 heavy (non-hydrogen) atoms. The van der Waals surface area contributed by atoms with Crippen molar-refractivity contribution in [2.75, 3.05) is 32.8 Å². The highest BCUT2D eigenvalue weighted by molar-refractivity contribution is 5.75. The molecule has 0 saturated carbocycles. The SMILES string of the molecule is CCOC(=O)C(C)N1CCN(C(=O)OC(C)(C)C)CC1. The first kappa shape index (κ1) is 16.8. The lowest BCUT2D eigenvalue weighted by atomic mass is 10.2. The Labute approximate surface area is 121 Å². The van der Waals surface area contributed by atoms with Gasteiger partial charge in [0.1, 0.15) is 11.6 Å². The summed E-state index contributed by atoms with van der Waals surface area (Å²) < 4.78 is 10.3. The van der Waals surface area contributed by atoms with Crippen LogP contribution in [0, 0.1) is 0 Å². The number of nitrogens with zero attached hydrogens (tertiary/aromatic N) is 2. The first-order valence-electron chi connectivity index (χ1n) is 7.13. The fourth-order valence-corrected chi connectivity index (χ4v) is 2.03. The lowest BCUT2D eigenvalue weighted by molar-refractivity contribution is -0.149. The van der Waals surface area contributed by atoms with Crippen LogP contribution >= 0.6 is 0 Å². The van der Waals surface area contributed by atoms with Gasteiger partial charge in [-0.15, -0.1) is 0 Å². The van der Waals surface area contributed by atoms with Crippen molar-refractivity contribution < 1.29 is 19.1 Å². The maximum atomic E-state index is 11.9. The second-order valence-corrected chi connectivity index (χ2v) is 5.93. The van der Waals surface area contributed by atoms with Crippen molar-refractivity contribution in [1.82, 2.24) is 9.80 Å². The number of piperazine rings is 1. The van der Waals surface area contributed by atoms with Crippen molar-refractivity contribution in [3.63, 3.8) is 0 Å². The van der Waals surface area contributed by atoms with Crippen molar-refractivity contribution in [1.29, 1.82) is 0 Å². The van der Waals surface area contributed by atoms with E-state index >= 15 is 0 Å². The Morgan fingerprint density at radius 2 is 1.70 bits per heavy atom. The molecule has 1 rings (SSSR count). The minimum atomic E-state index is -0.480. The molecule has 0 aromatic heterocycles. The van der Waals surface area contributed by atoms with Gasteiger partial charge in [-0.25, -0.2) is 4.79 Å². The molecule has 1 amide bonds. The van der Waals surface area contributed by atoms with Gasteiger partial charge in [-0.2, -0.15) is 0 Å². The molecule has 1 heterocycles. The van der Waals surface area contributed by atoms with Crippen LogP contribution in [0.2, 0.25) is 0 Å². The summed E-state index contributed by atoms with van der Waals surface area (Å²) in [6, 6.07) is -0.268. The normalized spacial score (nSPS) is 18.6. The molecule has 0 aromatic rings. The van der Waals surface area contributed by atoms with Gasteiger partial charge in [0.05, 0.1) is 6.61 Å². The molecule has 1 unspecified atom stereocenters. The van der Waals surface area contributed by atoms with E-state index < -0.39 is 5.60 Å². The number of ether oxygens (including phenoxy) is 2. The van der Waals surface area contributed by atoms with Crippen LogP contribution in [0.4, 0.5) is 4.79 Å². The van der Waals surface area contributed by atoms with E-state index in [2.05, 4.69) is 0 Å². The quantitative estimate of drug-likeness (QED) is 0.736. The smallest absolute Gasteiger partial charge is 0.410 e. The van der Waals surface area contributed by atoms with Crippen LogP contribution < -0.4 is 0 Å². The number of carbonyl (C=O) groups excluding carboxylic acids is 2. The zero-order valence-corrected chi connectivity index (χ0v) is 13.1. The van der Waals surface area contributed by atoms with Gasteiger partial charge >= 0.3 is 12.1 Å². The number of carbonyl (C=O) groups is 2. The van der Waals surface area contributed by atoms with Gasteiger partial charge < -0.3 is 14.4 Å². The molecule has 0 N–H and O–H groups in total. The highest BCUT2D eigenvalue weighted by Crippen LogP contribution is 2.13. The van der Waals surface area contributed by atoms with Gasteiger partial charge in [0.15, 0.2) is 0 Å². The van der Waals surface area contributed by atoms with Gasteiger partial charge in [-0.3, -0.25) is 9.69 Å². The minimum Gasteiger partial charge on any atom is -0.465 e. The van der Waals surface area contributed by atoms with E-state index in [1.54, 1.807) is 11.8 Å². The molecule has 1 aliphatic heterocycles. The Bertz CT molecular complexity index is 344. The average Bonchev–Trinajstić information content (AvgIpc) is 2.36. The van der Waals surface area contributed by atoms with E-state index in [1.165, 1.54) is 0 Å². The lowest BCUT2D eigenvalue weighted by Crippen LogP contribution is -2.54. The van der Waals surface area contributed by atoms with Gasteiger partial charge in [0, 0.05) is 26.2 Å². The number of esters is 1. The molecule has 0 bridgehead atoms. The summed E-state index contributed by atoms with van der Waals surface area (Å²) in [6.45, 7) is 12.0. The summed E-state index contributed by atoms with van der Waals surface area (Å²) >= 11 is 0. The second kappa shape index (κ2) is 6.92. The Hall–Kier alpha value is -1.30. The van der Waals surface area contributed by atoms with Crippen LogP contribution in [0.1, 0.15) is 34.6 Å². The number of rotatable bonds is 3. The lowest BCUT2D eigenvalue weighted by Gasteiger charge is -2.37. The van der Waals surface area contributed by atoms with Gasteiger partial charge in [-0.1, -0.05) is 0 Å². The molecule has 1 atom stereocenters. The molecule has 116 valence electrons. The third kappa shape index (κ3) is 5.00. The standard InChI is InChI=1S/C14H26N2O4/c1-6-19-12(17)11(2)15-7-9-16(10-8-15)13(18)20-14(3,4)5/h11H,6-10H2,1-5H3. The Kier molecular flexibility index (Phi) is 5.80. The van der Waals surface area contributed by atoms with Crippen LogP contribution in [-0.2, 0) is 14.3 Å². The predicted octanol–water partition coefficient (Wildman–Crippen LogP) is 1.49. The van der Waals surface area contributed by atoms with Crippen molar-refractivity contribution in [3.05, 3.63) is 0 Å². The second-order valence-electron chi connectivity index (χ2n) is 5.93. The maximum Gasteiger partial charge on any atom is 0.410 e. The first-order chi connectivity index (χ1) is 9.24. The minimum absolute atomic E-state index is 0.210. The van der Waals surface area contributed by atoms with Crippen molar-refractivity contribution >= 4 is 12.1 Å². The molecule has 0 aromatic carbocycles. The van der Waals surface area contributed by atoms with Gasteiger partial charge in [-0.05, 0) is 34.6 Å². The molecular weight excluding hydrogens is 260 g/mol. The zero-order chi connectivity index (χ0) is 15.3. The van der Waals surface area contributed by atoms with Crippen molar-refractivity contribution in [2.45, 2.75) is 46.3 Å². The summed E-state index contributed by atoms with van der Waals surface area (Å²) in [4.78, 5) is 27.3. The largest absolute Gasteiger partial charge is 0.465 e. The highest BCUT2D eigenvalue weighted by atomic mass is 16.6. The average molecular weight is 286 g/mol. The molecule has 0 spiro atoms. The van der Waals surface area contributed by atoms with Crippen molar-refractivity contribution in [2.24, 2.45) is 0 Å². The van der Waals surface area contributed by atoms with Crippen LogP contribution in [0.3, 0.4) is 0 Å². The predicted molar refractivity (Wildman–Crippen MR) is 75.5 cm³/mol. The van der Waals surface area contributed by atoms with Gasteiger partial charge in [0.2, 0.25) is 0 Å². The van der Waals surface area contributed by atoms with Crippen molar-refractivity contribution in [3.8, 4) is 0 Å². The van der Waals surface area contributed by atoms with Crippen LogP contribution in [0.15, 0.2) is 0 Å². The van der Waals surface area contributed by atoms with E-state index in [0.717, 1.165) is 0 Å². The van der Waals surface area contributed by atoms with E-state index in [1.807, 2.05) is 32.6 Å². The molecule has 1 aliphatic rings. The third-order valence-corrected chi connectivity index (χ3v) is 3.14. The molecule has 1 saturated heterocycles. The summed E-state index contributed by atoms with van der Waals surface area (Å²) in [5, 5.41) is 0. The monoisotopic (exact) mass is 286 g/mol. The zero-order valence-electron chi connectivity index (χ0n) is 13.1. The fourth-order valence-electron chi connectivity index (χ4n) is 2.03. The number of amides is 1. The summed E-state index contributed by atoms with van der Waals surface area (Å²) in [5.74, 6) is -0.210. The highest BCUT2D eigenvalue weighted by Gasteiger charge is 2.30. The van der Waals surface area contributed by atoms with Crippen LogP contribution in [0.5, 0.6) is 0 Å². The molecule has 0 aliphatic carbocycles. The Balaban J connectivity index is 2.43. The van der Waals surface area contributed by atoms with E-state index in [0.29, 0.717) is 32.8 Å². The molecule has 1 fully saturated rings. The van der Waals surface area contributed by atoms with Crippen LogP contribution in [-0.4, -0.2) is 66.3 Å². The van der Waals surface area contributed by atoms with E-state index in [-0.39, 0.29) is 18.1 Å². The summed E-state index contributed by atoms with van der Waals surface area (Å²) in [7, 11) is 0. The van der Waals surface area contributed by atoms with Crippen LogP contribution in [0.25, 0.3) is 0 Å².